The number of aromatic nitrogens is 2. The third-order valence-electron chi connectivity index (χ3n) is 7.58. The maximum Gasteiger partial charge on any atom is 0.187 e. The van der Waals surface area contributed by atoms with Crippen LogP contribution in [0.1, 0.15) is 0 Å². The molecule has 7 rings (SSSR count). The molecule has 44 heavy (non-hydrogen) atoms. The van der Waals surface area contributed by atoms with Crippen molar-refractivity contribution < 1.29 is 4.39 Å². The molecule has 0 unspecified atom stereocenters. The summed E-state index contributed by atoms with van der Waals surface area (Å²) in [5, 5.41) is 0. The van der Waals surface area contributed by atoms with Gasteiger partial charge < -0.3 is 4.90 Å². The highest BCUT2D eigenvalue weighted by atomic mass is 19.1. The van der Waals surface area contributed by atoms with E-state index in [1.54, 1.807) is 18.3 Å². The van der Waals surface area contributed by atoms with Crippen molar-refractivity contribution in [3.63, 3.8) is 0 Å². The fourth-order valence-electron chi connectivity index (χ4n) is 5.54. The van der Waals surface area contributed by atoms with Gasteiger partial charge >= 0.3 is 0 Å². The molecule has 0 bridgehead atoms. The van der Waals surface area contributed by atoms with E-state index in [2.05, 4.69) is 40.1 Å². The molecule has 0 atom stereocenters. The topological polar surface area (TPSA) is 33.4 Å². The maximum absolute atomic E-state index is 14.5. The second-order valence-corrected chi connectivity index (χ2v) is 10.3. The van der Waals surface area contributed by atoms with E-state index < -0.39 is 0 Å². The highest BCUT2D eigenvalue weighted by molar-refractivity contribution is 6.03. The minimum atomic E-state index is -0.304. The minimum absolute atomic E-state index is 0.304. The van der Waals surface area contributed by atoms with Crippen molar-refractivity contribution in [2.45, 2.75) is 0 Å². The van der Waals surface area contributed by atoms with Gasteiger partial charge in [0.25, 0.3) is 0 Å². The fraction of sp³-hybridized carbons (Fsp3) is 0. The molecule has 5 aromatic carbocycles. The number of hydrogen-bond donors (Lipinski definition) is 0. The Morgan fingerprint density at radius 3 is 1.98 bits per heavy atom. The van der Waals surface area contributed by atoms with Crippen molar-refractivity contribution in [3.8, 4) is 33.5 Å². The second kappa shape index (κ2) is 11.6. The Morgan fingerprint density at radius 2 is 1.25 bits per heavy atom. The van der Waals surface area contributed by atoms with Gasteiger partial charge in [-0.2, -0.15) is 0 Å². The molecule has 0 aliphatic heterocycles. The smallest absolute Gasteiger partial charge is 0.187 e. The lowest BCUT2D eigenvalue weighted by atomic mass is 9.99. The normalized spacial score (nSPS) is 10.8. The Kier molecular flexibility index (Phi) is 7.08. The molecule has 2 heterocycles. The van der Waals surface area contributed by atoms with Crippen LogP contribution in [0.2, 0.25) is 0 Å². The van der Waals surface area contributed by atoms with Crippen LogP contribution in [-0.4, -0.2) is 9.97 Å². The van der Waals surface area contributed by atoms with Gasteiger partial charge in [0.05, 0.1) is 29.2 Å². The summed E-state index contributed by atoms with van der Waals surface area (Å²) in [6.45, 7) is 7.49. The molecule has 7 aromatic rings. The standard InChI is InChI=1S/C39H25FN4/c1-41-31-19-21-32(22-20-31)44(36-18-9-8-17-33(36)29-15-10-16-30(40)25-29)37-23-24-42-38-34(27-11-4-2-5-12-27)26-35(43-39(37)38)28-13-6-3-7-14-28/h2-26H. The number of anilines is 3. The zero-order chi connectivity index (χ0) is 29.9. The fourth-order valence-corrected chi connectivity index (χ4v) is 5.54. The van der Waals surface area contributed by atoms with Gasteiger partial charge in [-0.05, 0) is 53.6 Å². The average molecular weight is 569 g/mol. The van der Waals surface area contributed by atoms with Crippen molar-refractivity contribution in [3.05, 3.63) is 169 Å². The van der Waals surface area contributed by atoms with Crippen molar-refractivity contribution in [2.75, 3.05) is 4.90 Å². The highest BCUT2D eigenvalue weighted by Crippen LogP contribution is 2.44. The van der Waals surface area contributed by atoms with Crippen LogP contribution in [0, 0.1) is 12.4 Å². The summed E-state index contributed by atoms with van der Waals surface area (Å²) in [6, 6.07) is 46.4. The molecule has 0 N–H and O–H groups in total. The van der Waals surface area contributed by atoms with Crippen LogP contribution in [0.15, 0.2) is 152 Å². The molecule has 4 nitrogen and oxygen atoms in total. The summed E-state index contributed by atoms with van der Waals surface area (Å²) in [6.07, 6.45) is 1.80. The first kappa shape index (κ1) is 26.8. The van der Waals surface area contributed by atoms with Crippen LogP contribution in [0.25, 0.3) is 49.4 Å². The Labute approximate surface area is 255 Å². The number of fused-ring (bicyclic) bond motifs is 1. The summed E-state index contributed by atoms with van der Waals surface area (Å²) in [5.41, 5.74) is 9.95. The average Bonchev–Trinajstić information content (AvgIpc) is 3.09. The summed E-state index contributed by atoms with van der Waals surface area (Å²) in [5.74, 6) is -0.304. The number of para-hydroxylation sites is 1. The highest BCUT2D eigenvalue weighted by Gasteiger charge is 2.22. The number of hydrogen-bond acceptors (Lipinski definition) is 3. The lowest BCUT2D eigenvalue weighted by molar-refractivity contribution is 0.628. The minimum Gasteiger partial charge on any atom is -0.308 e. The Balaban J connectivity index is 1.55. The second-order valence-electron chi connectivity index (χ2n) is 10.3. The predicted octanol–water partition coefficient (Wildman–Crippen LogP) is 10.8. The van der Waals surface area contributed by atoms with Crippen LogP contribution in [0.5, 0.6) is 0 Å². The molecule has 0 amide bonds. The van der Waals surface area contributed by atoms with E-state index in [4.69, 9.17) is 16.5 Å². The molecule has 5 heteroatoms. The van der Waals surface area contributed by atoms with Crippen LogP contribution >= 0.6 is 0 Å². The largest absolute Gasteiger partial charge is 0.308 e. The summed E-state index contributed by atoms with van der Waals surface area (Å²) in [4.78, 5) is 15.8. The number of nitrogens with zero attached hydrogens (tertiary/aromatic N) is 4. The van der Waals surface area contributed by atoms with Crippen LogP contribution in [0.4, 0.5) is 27.1 Å². The van der Waals surface area contributed by atoms with Gasteiger partial charge in [0.15, 0.2) is 5.69 Å². The molecule has 0 saturated heterocycles. The first-order valence-electron chi connectivity index (χ1n) is 14.2. The van der Waals surface area contributed by atoms with E-state index in [0.717, 1.165) is 61.6 Å². The lowest BCUT2D eigenvalue weighted by Gasteiger charge is -2.29. The first-order chi connectivity index (χ1) is 21.7. The van der Waals surface area contributed by atoms with E-state index in [0.29, 0.717) is 5.69 Å². The van der Waals surface area contributed by atoms with Crippen molar-refractivity contribution in [1.82, 2.24) is 9.97 Å². The van der Waals surface area contributed by atoms with Gasteiger partial charge in [0.2, 0.25) is 0 Å². The molecule has 0 fully saturated rings. The Bertz CT molecular complexity index is 2140. The number of rotatable bonds is 6. The molecule has 0 radical (unpaired) electrons. The molecule has 2 aromatic heterocycles. The maximum atomic E-state index is 14.5. The number of pyridine rings is 2. The van der Waals surface area contributed by atoms with E-state index in [1.807, 2.05) is 97.1 Å². The molecule has 0 saturated carbocycles. The van der Waals surface area contributed by atoms with E-state index >= 15 is 0 Å². The Hall–Kier alpha value is -6.12. The van der Waals surface area contributed by atoms with Gasteiger partial charge in [0.1, 0.15) is 11.3 Å². The van der Waals surface area contributed by atoms with Crippen molar-refractivity contribution in [2.24, 2.45) is 0 Å². The lowest BCUT2D eigenvalue weighted by Crippen LogP contribution is -2.12. The molecular formula is C39H25FN4. The quantitative estimate of drug-likeness (QED) is 0.187. The molecule has 0 aliphatic carbocycles. The SMILES string of the molecule is [C-]#[N+]c1ccc(N(c2ccccc2-c2cccc(F)c2)c2ccnc3c(-c4ccccc4)cc(-c4ccccc4)nc23)cc1. The van der Waals surface area contributed by atoms with Gasteiger partial charge in [-0.3, -0.25) is 4.98 Å². The molecule has 0 spiro atoms. The van der Waals surface area contributed by atoms with Gasteiger partial charge in [-0.25, -0.2) is 14.2 Å². The summed E-state index contributed by atoms with van der Waals surface area (Å²) in [7, 11) is 0. The molecule has 0 aliphatic rings. The van der Waals surface area contributed by atoms with E-state index in [9.17, 15) is 4.39 Å². The number of benzene rings is 5. The van der Waals surface area contributed by atoms with E-state index in [1.165, 1.54) is 6.07 Å². The Morgan fingerprint density at radius 1 is 0.568 bits per heavy atom. The zero-order valence-corrected chi connectivity index (χ0v) is 23.6. The van der Waals surface area contributed by atoms with Crippen LogP contribution in [-0.2, 0) is 0 Å². The molecular weight excluding hydrogens is 543 g/mol. The third-order valence-corrected chi connectivity index (χ3v) is 7.58. The zero-order valence-electron chi connectivity index (χ0n) is 23.6. The third kappa shape index (κ3) is 5.06. The van der Waals surface area contributed by atoms with Crippen LogP contribution in [0.3, 0.4) is 0 Å². The molecule has 208 valence electrons. The monoisotopic (exact) mass is 568 g/mol. The van der Waals surface area contributed by atoms with Crippen molar-refractivity contribution in [1.29, 1.82) is 0 Å². The predicted molar refractivity (Wildman–Crippen MR) is 177 cm³/mol. The van der Waals surface area contributed by atoms with Crippen LogP contribution < -0.4 is 4.90 Å². The first-order valence-corrected chi connectivity index (χ1v) is 14.2. The summed E-state index contributed by atoms with van der Waals surface area (Å²) < 4.78 is 14.5. The van der Waals surface area contributed by atoms with Crippen molar-refractivity contribution >= 4 is 33.8 Å². The summed E-state index contributed by atoms with van der Waals surface area (Å²) >= 11 is 0. The van der Waals surface area contributed by atoms with E-state index in [-0.39, 0.29) is 5.82 Å². The number of halogens is 1. The van der Waals surface area contributed by atoms with Gasteiger partial charge in [-0.1, -0.05) is 103 Å². The van der Waals surface area contributed by atoms with Gasteiger partial charge in [0, 0.05) is 28.6 Å². The van der Waals surface area contributed by atoms with Gasteiger partial charge in [-0.15, -0.1) is 0 Å².